The van der Waals surface area contributed by atoms with Crippen LogP contribution in [0.2, 0.25) is 0 Å². The van der Waals surface area contributed by atoms with Crippen LogP contribution in [0.3, 0.4) is 0 Å². The summed E-state index contributed by atoms with van der Waals surface area (Å²) in [7, 11) is 0. The van der Waals surface area contributed by atoms with Crippen molar-refractivity contribution < 1.29 is 26.3 Å². The van der Waals surface area contributed by atoms with Gasteiger partial charge in [0.15, 0.2) is 0 Å². The summed E-state index contributed by atoms with van der Waals surface area (Å²) in [6.07, 6.45) is -9.04. The average molecular weight is 297 g/mol. The van der Waals surface area contributed by atoms with Gasteiger partial charge in [0.25, 0.3) is 0 Å². The standard InChI is InChI=1S/C13H13F6N/c1-7-2-9(6-20-7)8-3-10(12(14,15)16)5-11(4-8)13(17,18)19/h3-5,7,9,20H,2,6H2,1H3. The predicted octanol–water partition coefficient (Wildman–Crippen LogP) is 4.19. The molecule has 0 aliphatic carbocycles. The van der Waals surface area contributed by atoms with Gasteiger partial charge in [0.2, 0.25) is 0 Å². The minimum absolute atomic E-state index is 0.0869. The number of rotatable bonds is 1. The number of benzene rings is 1. The van der Waals surface area contributed by atoms with E-state index in [0.717, 1.165) is 12.1 Å². The third-order valence-electron chi connectivity index (χ3n) is 3.43. The first kappa shape index (κ1) is 15.2. The molecule has 1 fully saturated rings. The molecule has 2 rings (SSSR count). The summed E-state index contributed by atoms with van der Waals surface area (Å²) in [5, 5.41) is 3.02. The number of halogens is 6. The van der Waals surface area contributed by atoms with E-state index in [0.29, 0.717) is 13.0 Å². The lowest BCUT2D eigenvalue weighted by Gasteiger charge is -2.17. The molecule has 0 saturated carbocycles. The van der Waals surface area contributed by atoms with E-state index in [2.05, 4.69) is 5.32 Å². The summed E-state index contributed by atoms with van der Waals surface area (Å²) in [4.78, 5) is 0. The van der Waals surface area contributed by atoms with Crippen molar-refractivity contribution in [3.05, 3.63) is 34.9 Å². The molecule has 0 radical (unpaired) electrons. The van der Waals surface area contributed by atoms with Crippen molar-refractivity contribution in [2.75, 3.05) is 6.54 Å². The molecule has 1 N–H and O–H groups in total. The number of hydrogen-bond acceptors (Lipinski definition) is 1. The zero-order chi connectivity index (χ0) is 15.1. The Labute approximate surface area is 112 Å². The lowest BCUT2D eigenvalue weighted by molar-refractivity contribution is -0.143. The van der Waals surface area contributed by atoms with E-state index in [4.69, 9.17) is 0 Å². The van der Waals surface area contributed by atoms with Crippen molar-refractivity contribution in [1.29, 1.82) is 0 Å². The topological polar surface area (TPSA) is 12.0 Å². The molecule has 2 atom stereocenters. The molecule has 2 unspecified atom stereocenters. The molecular formula is C13H13F6N. The lowest BCUT2D eigenvalue weighted by atomic mass is 9.93. The van der Waals surface area contributed by atoms with Gasteiger partial charge in [0.1, 0.15) is 0 Å². The maximum Gasteiger partial charge on any atom is 0.416 e. The van der Waals surface area contributed by atoms with Crippen molar-refractivity contribution in [1.82, 2.24) is 5.32 Å². The Morgan fingerprint density at radius 2 is 1.45 bits per heavy atom. The first-order valence-corrected chi connectivity index (χ1v) is 6.10. The molecule has 1 aliphatic heterocycles. The van der Waals surface area contributed by atoms with E-state index in [-0.39, 0.29) is 23.6 Å². The largest absolute Gasteiger partial charge is 0.416 e. The second kappa shape index (κ2) is 4.95. The fourth-order valence-electron chi connectivity index (χ4n) is 2.41. The van der Waals surface area contributed by atoms with Crippen LogP contribution >= 0.6 is 0 Å². The van der Waals surface area contributed by atoms with Crippen molar-refractivity contribution in [2.45, 2.75) is 37.7 Å². The van der Waals surface area contributed by atoms with Crippen LogP contribution in [0.4, 0.5) is 26.3 Å². The Hall–Kier alpha value is -1.24. The highest BCUT2D eigenvalue weighted by Crippen LogP contribution is 2.38. The summed E-state index contributed by atoms with van der Waals surface area (Å²) < 4.78 is 76.3. The smallest absolute Gasteiger partial charge is 0.314 e. The molecule has 112 valence electrons. The second-order valence-electron chi connectivity index (χ2n) is 5.08. The highest BCUT2D eigenvalue weighted by Gasteiger charge is 2.38. The van der Waals surface area contributed by atoms with E-state index in [1.165, 1.54) is 0 Å². The molecule has 0 amide bonds. The van der Waals surface area contributed by atoms with Gasteiger partial charge in [-0.05, 0) is 43.0 Å². The van der Waals surface area contributed by atoms with Crippen molar-refractivity contribution in [3.63, 3.8) is 0 Å². The molecule has 0 bridgehead atoms. The van der Waals surface area contributed by atoms with E-state index in [1.54, 1.807) is 0 Å². The van der Waals surface area contributed by atoms with Crippen LogP contribution in [0, 0.1) is 0 Å². The van der Waals surface area contributed by atoms with Crippen LogP contribution in [0.5, 0.6) is 0 Å². The highest BCUT2D eigenvalue weighted by molar-refractivity contribution is 5.36. The maximum atomic E-state index is 12.7. The molecule has 20 heavy (non-hydrogen) atoms. The van der Waals surface area contributed by atoms with Crippen molar-refractivity contribution in [2.24, 2.45) is 0 Å². The van der Waals surface area contributed by atoms with Gasteiger partial charge in [-0.3, -0.25) is 0 Å². The van der Waals surface area contributed by atoms with Gasteiger partial charge < -0.3 is 5.32 Å². The Balaban J connectivity index is 2.46. The SMILES string of the molecule is CC1CC(c2cc(C(F)(F)F)cc(C(F)(F)F)c2)CN1. The molecule has 1 heterocycles. The minimum Gasteiger partial charge on any atom is -0.314 e. The summed E-state index contributed by atoms with van der Waals surface area (Å²) in [5.41, 5.74) is -2.41. The zero-order valence-electron chi connectivity index (χ0n) is 10.6. The Morgan fingerprint density at radius 1 is 0.950 bits per heavy atom. The second-order valence-corrected chi connectivity index (χ2v) is 5.08. The molecule has 7 heteroatoms. The van der Waals surface area contributed by atoms with E-state index in [9.17, 15) is 26.3 Å². The van der Waals surface area contributed by atoms with Gasteiger partial charge in [0, 0.05) is 12.6 Å². The van der Waals surface area contributed by atoms with E-state index < -0.39 is 23.5 Å². The summed E-state index contributed by atoms with van der Waals surface area (Å²) in [6, 6.07) is 1.89. The lowest BCUT2D eigenvalue weighted by Crippen LogP contribution is -2.17. The van der Waals surface area contributed by atoms with Crippen molar-refractivity contribution in [3.8, 4) is 0 Å². The Bertz CT molecular complexity index is 458. The summed E-state index contributed by atoms with van der Waals surface area (Å²) in [6.45, 7) is 2.23. The highest BCUT2D eigenvalue weighted by atomic mass is 19.4. The molecular weight excluding hydrogens is 284 g/mol. The quantitative estimate of drug-likeness (QED) is 0.766. The van der Waals surface area contributed by atoms with Crippen LogP contribution in [0.15, 0.2) is 18.2 Å². The molecule has 1 aromatic carbocycles. The van der Waals surface area contributed by atoms with Crippen LogP contribution in [-0.2, 0) is 12.4 Å². The van der Waals surface area contributed by atoms with Gasteiger partial charge in [0.05, 0.1) is 11.1 Å². The number of alkyl halides is 6. The van der Waals surface area contributed by atoms with Crippen LogP contribution in [0.1, 0.15) is 36.0 Å². The summed E-state index contributed by atoms with van der Waals surface area (Å²) in [5.74, 6) is -0.326. The van der Waals surface area contributed by atoms with Gasteiger partial charge >= 0.3 is 12.4 Å². The van der Waals surface area contributed by atoms with Gasteiger partial charge in [-0.25, -0.2) is 0 Å². The number of hydrogen-bond donors (Lipinski definition) is 1. The van der Waals surface area contributed by atoms with Gasteiger partial charge in [-0.2, -0.15) is 26.3 Å². The third-order valence-corrected chi connectivity index (χ3v) is 3.43. The molecule has 1 nitrogen and oxygen atoms in total. The zero-order valence-corrected chi connectivity index (χ0v) is 10.6. The third kappa shape index (κ3) is 3.26. The minimum atomic E-state index is -4.78. The Kier molecular flexibility index (Phi) is 3.75. The molecule has 1 aliphatic rings. The normalized spacial score (nSPS) is 24.1. The molecule has 0 spiro atoms. The molecule has 1 aromatic rings. The number of nitrogens with one attached hydrogen (secondary N) is 1. The van der Waals surface area contributed by atoms with Crippen LogP contribution < -0.4 is 5.32 Å². The van der Waals surface area contributed by atoms with E-state index in [1.807, 2.05) is 6.92 Å². The summed E-state index contributed by atoms with van der Waals surface area (Å²) >= 11 is 0. The van der Waals surface area contributed by atoms with Crippen LogP contribution in [0.25, 0.3) is 0 Å². The monoisotopic (exact) mass is 297 g/mol. The maximum absolute atomic E-state index is 12.7. The molecule has 1 saturated heterocycles. The fourth-order valence-corrected chi connectivity index (χ4v) is 2.41. The molecule has 0 aromatic heterocycles. The van der Waals surface area contributed by atoms with Gasteiger partial charge in [-0.1, -0.05) is 0 Å². The van der Waals surface area contributed by atoms with Crippen molar-refractivity contribution >= 4 is 0 Å². The first-order valence-electron chi connectivity index (χ1n) is 6.10. The average Bonchev–Trinajstić information content (AvgIpc) is 2.73. The van der Waals surface area contributed by atoms with Gasteiger partial charge in [-0.15, -0.1) is 0 Å². The fraction of sp³-hybridized carbons (Fsp3) is 0.538. The van der Waals surface area contributed by atoms with Crippen LogP contribution in [-0.4, -0.2) is 12.6 Å². The van der Waals surface area contributed by atoms with E-state index >= 15 is 0 Å². The Morgan fingerprint density at radius 3 is 1.80 bits per heavy atom. The predicted molar refractivity (Wildman–Crippen MR) is 61.3 cm³/mol. The first-order chi connectivity index (χ1) is 9.07.